The standard InChI is InChI=1S/C12H24N2/c1-10-6-5-9-14(10)11(2)12-7-3-4-8-13-12/h10-13H,3-9H2,1-2H3. The third-order valence-corrected chi connectivity index (χ3v) is 4.06. The zero-order valence-corrected chi connectivity index (χ0v) is 9.63. The van der Waals surface area contributed by atoms with E-state index in [4.69, 9.17) is 0 Å². The highest BCUT2D eigenvalue weighted by atomic mass is 15.2. The first-order valence-electron chi connectivity index (χ1n) is 6.28. The van der Waals surface area contributed by atoms with Gasteiger partial charge in [0.25, 0.3) is 0 Å². The summed E-state index contributed by atoms with van der Waals surface area (Å²) in [4.78, 5) is 2.70. The molecule has 0 aromatic rings. The second kappa shape index (κ2) is 4.63. The molecule has 2 fully saturated rings. The number of nitrogens with zero attached hydrogens (tertiary/aromatic N) is 1. The molecule has 2 saturated heterocycles. The van der Waals surface area contributed by atoms with Crippen molar-refractivity contribution >= 4 is 0 Å². The zero-order valence-electron chi connectivity index (χ0n) is 9.63. The van der Waals surface area contributed by atoms with E-state index >= 15 is 0 Å². The molecule has 2 nitrogen and oxygen atoms in total. The van der Waals surface area contributed by atoms with E-state index in [0.29, 0.717) is 0 Å². The molecule has 0 aromatic heterocycles. The van der Waals surface area contributed by atoms with E-state index in [2.05, 4.69) is 24.1 Å². The van der Waals surface area contributed by atoms with Crippen LogP contribution < -0.4 is 5.32 Å². The lowest BCUT2D eigenvalue weighted by molar-refractivity contribution is 0.149. The summed E-state index contributed by atoms with van der Waals surface area (Å²) in [6.07, 6.45) is 6.97. The minimum Gasteiger partial charge on any atom is -0.312 e. The van der Waals surface area contributed by atoms with Crippen LogP contribution in [-0.2, 0) is 0 Å². The molecule has 2 heteroatoms. The first-order valence-corrected chi connectivity index (χ1v) is 6.28. The number of rotatable bonds is 2. The van der Waals surface area contributed by atoms with Gasteiger partial charge in [0.05, 0.1) is 0 Å². The first-order chi connectivity index (χ1) is 6.79. The summed E-state index contributed by atoms with van der Waals surface area (Å²) in [5, 5.41) is 3.67. The Morgan fingerprint density at radius 1 is 1.21 bits per heavy atom. The van der Waals surface area contributed by atoms with Crippen LogP contribution in [0.1, 0.15) is 46.0 Å². The third-order valence-electron chi connectivity index (χ3n) is 4.06. The smallest absolute Gasteiger partial charge is 0.0223 e. The van der Waals surface area contributed by atoms with Crippen LogP contribution in [0.4, 0.5) is 0 Å². The monoisotopic (exact) mass is 196 g/mol. The van der Waals surface area contributed by atoms with Crippen molar-refractivity contribution in [1.29, 1.82) is 0 Å². The Labute approximate surface area is 88.1 Å². The number of nitrogens with one attached hydrogen (secondary N) is 1. The summed E-state index contributed by atoms with van der Waals surface area (Å²) in [5.74, 6) is 0. The topological polar surface area (TPSA) is 15.3 Å². The van der Waals surface area contributed by atoms with E-state index in [0.717, 1.165) is 18.1 Å². The Bertz CT molecular complexity index is 175. The van der Waals surface area contributed by atoms with Gasteiger partial charge in [-0.25, -0.2) is 0 Å². The minimum atomic E-state index is 0.743. The SMILES string of the molecule is CC1CCCN1C(C)C1CCCCN1. The second-order valence-corrected chi connectivity index (χ2v) is 5.03. The van der Waals surface area contributed by atoms with Gasteiger partial charge in [-0.05, 0) is 52.6 Å². The lowest BCUT2D eigenvalue weighted by atomic mass is 9.97. The van der Waals surface area contributed by atoms with E-state index in [1.54, 1.807) is 0 Å². The molecule has 14 heavy (non-hydrogen) atoms. The average molecular weight is 196 g/mol. The van der Waals surface area contributed by atoms with E-state index in [-0.39, 0.29) is 0 Å². The van der Waals surface area contributed by atoms with E-state index in [9.17, 15) is 0 Å². The highest BCUT2D eigenvalue weighted by molar-refractivity contribution is 4.88. The lowest BCUT2D eigenvalue weighted by Gasteiger charge is -2.37. The fourth-order valence-electron chi connectivity index (χ4n) is 3.08. The van der Waals surface area contributed by atoms with Gasteiger partial charge in [0.2, 0.25) is 0 Å². The predicted molar refractivity (Wildman–Crippen MR) is 60.5 cm³/mol. The van der Waals surface area contributed by atoms with Gasteiger partial charge < -0.3 is 5.32 Å². The van der Waals surface area contributed by atoms with Crippen LogP contribution in [0.5, 0.6) is 0 Å². The van der Waals surface area contributed by atoms with Crippen molar-refractivity contribution in [2.75, 3.05) is 13.1 Å². The molecule has 3 unspecified atom stereocenters. The summed E-state index contributed by atoms with van der Waals surface area (Å²) in [7, 11) is 0. The summed E-state index contributed by atoms with van der Waals surface area (Å²) in [6.45, 7) is 7.34. The second-order valence-electron chi connectivity index (χ2n) is 5.03. The molecule has 2 rings (SSSR count). The molecule has 1 N–H and O–H groups in total. The van der Waals surface area contributed by atoms with Crippen LogP contribution in [0.2, 0.25) is 0 Å². The summed E-state index contributed by atoms with van der Waals surface area (Å²) < 4.78 is 0. The molecule has 0 spiro atoms. The number of hydrogen-bond donors (Lipinski definition) is 1. The van der Waals surface area contributed by atoms with Gasteiger partial charge in [-0.3, -0.25) is 4.90 Å². The highest BCUT2D eigenvalue weighted by Gasteiger charge is 2.30. The van der Waals surface area contributed by atoms with Crippen LogP contribution in [0.25, 0.3) is 0 Å². The maximum Gasteiger partial charge on any atom is 0.0223 e. The summed E-state index contributed by atoms with van der Waals surface area (Å²) >= 11 is 0. The molecule has 0 bridgehead atoms. The molecule has 3 atom stereocenters. The maximum atomic E-state index is 3.67. The Balaban J connectivity index is 1.89. The Kier molecular flexibility index (Phi) is 3.45. The van der Waals surface area contributed by atoms with Gasteiger partial charge in [-0.15, -0.1) is 0 Å². The van der Waals surface area contributed by atoms with Crippen molar-refractivity contribution in [3.05, 3.63) is 0 Å². The third kappa shape index (κ3) is 2.12. The zero-order chi connectivity index (χ0) is 9.97. The molecule has 0 radical (unpaired) electrons. The van der Waals surface area contributed by atoms with Crippen LogP contribution >= 0.6 is 0 Å². The van der Waals surface area contributed by atoms with Crippen molar-refractivity contribution < 1.29 is 0 Å². The Morgan fingerprint density at radius 2 is 2.07 bits per heavy atom. The molecule has 2 aliphatic rings. The molecular weight excluding hydrogens is 172 g/mol. The van der Waals surface area contributed by atoms with Crippen LogP contribution in [0, 0.1) is 0 Å². The summed E-state index contributed by atoms with van der Waals surface area (Å²) in [6, 6.07) is 2.31. The van der Waals surface area contributed by atoms with E-state index in [1.165, 1.54) is 45.2 Å². The van der Waals surface area contributed by atoms with Crippen molar-refractivity contribution in [3.63, 3.8) is 0 Å². The maximum absolute atomic E-state index is 3.67. The average Bonchev–Trinajstić information content (AvgIpc) is 2.65. The van der Waals surface area contributed by atoms with Crippen LogP contribution in [0.3, 0.4) is 0 Å². The van der Waals surface area contributed by atoms with Crippen molar-refractivity contribution in [2.24, 2.45) is 0 Å². The van der Waals surface area contributed by atoms with E-state index in [1.807, 2.05) is 0 Å². The van der Waals surface area contributed by atoms with Gasteiger partial charge in [-0.2, -0.15) is 0 Å². The largest absolute Gasteiger partial charge is 0.312 e. The van der Waals surface area contributed by atoms with Crippen molar-refractivity contribution in [3.8, 4) is 0 Å². The Hall–Kier alpha value is -0.0800. The molecule has 0 amide bonds. The van der Waals surface area contributed by atoms with E-state index < -0.39 is 0 Å². The fraction of sp³-hybridized carbons (Fsp3) is 1.00. The summed E-state index contributed by atoms with van der Waals surface area (Å²) in [5.41, 5.74) is 0. The van der Waals surface area contributed by atoms with Gasteiger partial charge >= 0.3 is 0 Å². The lowest BCUT2D eigenvalue weighted by Crippen LogP contribution is -2.51. The van der Waals surface area contributed by atoms with Gasteiger partial charge in [0, 0.05) is 18.1 Å². The Morgan fingerprint density at radius 3 is 2.64 bits per heavy atom. The molecule has 0 saturated carbocycles. The molecule has 2 aliphatic heterocycles. The van der Waals surface area contributed by atoms with Gasteiger partial charge in [0.1, 0.15) is 0 Å². The molecule has 0 aromatic carbocycles. The van der Waals surface area contributed by atoms with Crippen LogP contribution in [0.15, 0.2) is 0 Å². The number of likely N-dealkylation sites (tertiary alicyclic amines) is 1. The predicted octanol–water partition coefficient (Wildman–Crippen LogP) is 2.00. The van der Waals surface area contributed by atoms with Crippen LogP contribution in [-0.4, -0.2) is 36.1 Å². The normalized spacial score (nSPS) is 37.3. The van der Waals surface area contributed by atoms with Crippen molar-refractivity contribution in [1.82, 2.24) is 10.2 Å². The van der Waals surface area contributed by atoms with Gasteiger partial charge in [0.15, 0.2) is 0 Å². The van der Waals surface area contributed by atoms with Gasteiger partial charge in [-0.1, -0.05) is 6.42 Å². The molecule has 2 heterocycles. The number of hydrogen-bond acceptors (Lipinski definition) is 2. The number of piperidine rings is 1. The highest BCUT2D eigenvalue weighted by Crippen LogP contribution is 2.23. The minimum absolute atomic E-state index is 0.743. The molecule has 82 valence electrons. The molecule has 0 aliphatic carbocycles. The quantitative estimate of drug-likeness (QED) is 0.726. The first kappa shape index (κ1) is 10.4. The fourth-order valence-corrected chi connectivity index (χ4v) is 3.08. The molecular formula is C12H24N2. The van der Waals surface area contributed by atoms with Crippen molar-refractivity contribution in [2.45, 2.75) is 64.1 Å².